The van der Waals surface area contributed by atoms with Crippen LogP contribution in [-0.2, 0) is 16.1 Å². The summed E-state index contributed by atoms with van der Waals surface area (Å²) in [5, 5.41) is 3.28. The first kappa shape index (κ1) is 21.6. The average Bonchev–Trinajstić information content (AvgIpc) is 3.41. The Morgan fingerprint density at radius 2 is 2.06 bits per heavy atom. The van der Waals surface area contributed by atoms with E-state index < -0.39 is 5.91 Å². The molecule has 174 valence electrons. The third kappa shape index (κ3) is 3.90. The molecule has 2 aromatic rings. The van der Waals surface area contributed by atoms with Crippen molar-refractivity contribution in [2.45, 2.75) is 51.2 Å². The van der Waals surface area contributed by atoms with E-state index in [1.165, 1.54) is 12.8 Å². The van der Waals surface area contributed by atoms with Gasteiger partial charge in [-0.25, -0.2) is 4.98 Å². The number of nitrogens with two attached hydrogens (primary N) is 1. The molecule has 0 bridgehead atoms. The van der Waals surface area contributed by atoms with Crippen LogP contribution in [0.2, 0.25) is 0 Å². The van der Waals surface area contributed by atoms with Gasteiger partial charge in [0.25, 0.3) is 0 Å². The number of rotatable bonds is 6. The van der Waals surface area contributed by atoms with Crippen molar-refractivity contribution >= 4 is 35.0 Å². The van der Waals surface area contributed by atoms with E-state index in [9.17, 15) is 9.59 Å². The second-order valence-electron chi connectivity index (χ2n) is 9.41. The lowest BCUT2D eigenvalue weighted by Gasteiger charge is -2.31. The van der Waals surface area contributed by atoms with Gasteiger partial charge in [0.05, 0.1) is 18.2 Å². The number of anilines is 4. The summed E-state index contributed by atoms with van der Waals surface area (Å²) in [6, 6.07) is 5.56. The van der Waals surface area contributed by atoms with E-state index >= 15 is 0 Å². The summed E-state index contributed by atoms with van der Waals surface area (Å²) in [4.78, 5) is 38.3. The molecule has 2 fully saturated rings. The van der Waals surface area contributed by atoms with E-state index in [4.69, 9.17) is 15.5 Å². The zero-order valence-corrected chi connectivity index (χ0v) is 19.1. The molecule has 0 atom stereocenters. The van der Waals surface area contributed by atoms with Gasteiger partial charge in [0.2, 0.25) is 17.8 Å². The number of amides is 2. The molecule has 0 radical (unpaired) electrons. The number of ether oxygens (including phenoxy) is 1. The summed E-state index contributed by atoms with van der Waals surface area (Å²) in [6.07, 6.45) is 8.24. The largest absolute Gasteiger partial charge is 0.380 e. The molecule has 0 unspecified atom stereocenters. The molecule has 2 amide bonds. The Morgan fingerprint density at radius 1 is 1.30 bits per heavy atom. The maximum absolute atomic E-state index is 13.2. The minimum Gasteiger partial charge on any atom is -0.380 e. The summed E-state index contributed by atoms with van der Waals surface area (Å²) < 4.78 is 5.30. The van der Waals surface area contributed by atoms with Crippen molar-refractivity contribution in [1.82, 2.24) is 9.97 Å². The second kappa shape index (κ2) is 8.30. The minimum atomic E-state index is -0.492. The lowest BCUT2D eigenvalue weighted by Crippen LogP contribution is -2.41. The number of hydrogen-bond acceptors (Lipinski definition) is 7. The quantitative estimate of drug-likeness (QED) is 0.695. The lowest BCUT2D eigenvalue weighted by molar-refractivity contribution is -0.122. The van der Waals surface area contributed by atoms with E-state index in [2.05, 4.69) is 15.2 Å². The number of hydrogen-bond donors (Lipinski definition) is 2. The molecule has 1 spiro atoms. The van der Waals surface area contributed by atoms with Crippen LogP contribution in [0.5, 0.6) is 0 Å². The Hall–Kier alpha value is -3.20. The molecular formula is C24H30N6O3. The van der Waals surface area contributed by atoms with Crippen LogP contribution in [0.4, 0.5) is 23.1 Å². The molecule has 1 aliphatic heterocycles. The molecule has 2 saturated carbocycles. The number of nitrogens with one attached hydrogen (secondary N) is 1. The number of primary amides is 1. The summed E-state index contributed by atoms with van der Waals surface area (Å²) in [6.45, 7) is 1.02. The predicted molar refractivity (Wildman–Crippen MR) is 126 cm³/mol. The molecule has 2 aliphatic carbocycles. The minimum absolute atomic E-state index is 0.165. The van der Waals surface area contributed by atoms with Gasteiger partial charge in [-0.05, 0) is 43.9 Å². The Kier molecular flexibility index (Phi) is 5.44. The van der Waals surface area contributed by atoms with Gasteiger partial charge in [0.15, 0.2) is 5.82 Å². The van der Waals surface area contributed by atoms with Gasteiger partial charge in [-0.1, -0.05) is 12.8 Å². The van der Waals surface area contributed by atoms with Gasteiger partial charge in [0, 0.05) is 43.6 Å². The Morgan fingerprint density at radius 3 is 2.73 bits per heavy atom. The highest BCUT2D eigenvalue weighted by Crippen LogP contribution is 2.52. The first-order chi connectivity index (χ1) is 15.9. The Balaban J connectivity index is 1.52. The monoisotopic (exact) mass is 450 g/mol. The molecule has 3 N–H and O–H groups in total. The first-order valence-electron chi connectivity index (χ1n) is 11.5. The van der Waals surface area contributed by atoms with Crippen LogP contribution in [0.3, 0.4) is 0 Å². The third-order valence-corrected chi connectivity index (χ3v) is 7.17. The standard InChI is InChI=1S/C24H30N6O3/c1-29-19-12-26-23(27-18-8-7-15(20(25)31)11-16(18)13-33-2)28-21(19)30(17-5-3-4-6-17)14-24(9-10-24)22(29)32/h7-8,11-12,17H,3-6,9-10,13-14H2,1-2H3,(H2,25,31)(H,26,27,28). The van der Waals surface area contributed by atoms with E-state index in [0.717, 1.165) is 48.4 Å². The molecule has 2 heterocycles. The van der Waals surface area contributed by atoms with E-state index in [0.29, 0.717) is 30.7 Å². The molecule has 33 heavy (non-hydrogen) atoms. The average molecular weight is 451 g/mol. The van der Waals surface area contributed by atoms with Crippen molar-refractivity contribution < 1.29 is 14.3 Å². The SMILES string of the molecule is COCc1cc(C(N)=O)ccc1Nc1ncc2c(n1)N(C1CCCC1)CC1(CC1)C(=O)N2C. The van der Waals surface area contributed by atoms with Crippen LogP contribution in [-0.4, -0.2) is 48.5 Å². The number of carbonyl (C=O) groups excluding carboxylic acids is 2. The number of fused-ring (bicyclic) bond motifs is 1. The summed E-state index contributed by atoms with van der Waals surface area (Å²) in [5.74, 6) is 0.918. The summed E-state index contributed by atoms with van der Waals surface area (Å²) >= 11 is 0. The van der Waals surface area contributed by atoms with Crippen LogP contribution >= 0.6 is 0 Å². The summed E-state index contributed by atoms with van der Waals surface area (Å²) in [7, 11) is 3.43. The number of nitrogens with zero attached hydrogens (tertiary/aromatic N) is 4. The van der Waals surface area contributed by atoms with Crippen molar-refractivity contribution in [3.8, 4) is 0 Å². The molecule has 9 heteroatoms. The Labute approximate surface area is 193 Å². The maximum atomic E-state index is 13.2. The van der Waals surface area contributed by atoms with Gasteiger partial charge in [-0.2, -0.15) is 4.98 Å². The fourth-order valence-electron chi connectivity index (χ4n) is 5.11. The maximum Gasteiger partial charge on any atom is 0.248 e. The van der Waals surface area contributed by atoms with Crippen molar-refractivity contribution in [2.24, 2.45) is 11.1 Å². The number of aromatic nitrogens is 2. The van der Waals surface area contributed by atoms with Crippen LogP contribution in [0.1, 0.15) is 54.4 Å². The highest BCUT2D eigenvalue weighted by Gasteiger charge is 2.55. The summed E-state index contributed by atoms with van der Waals surface area (Å²) in [5.41, 5.74) is 7.84. The van der Waals surface area contributed by atoms with Crippen molar-refractivity contribution in [1.29, 1.82) is 0 Å². The fraction of sp³-hybridized carbons (Fsp3) is 0.500. The molecule has 0 saturated heterocycles. The molecule has 3 aliphatic rings. The predicted octanol–water partition coefficient (Wildman–Crippen LogP) is 2.97. The van der Waals surface area contributed by atoms with Gasteiger partial charge >= 0.3 is 0 Å². The van der Waals surface area contributed by atoms with E-state index in [1.54, 1.807) is 36.4 Å². The molecular weight excluding hydrogens is 420 g/mol. The van der Waals surface area contributed by atoms with Crippen molar-refractivity contribution in [3.63, 3.8) is 0 Å². The van der Waals surface area contributed by atoms with Gasteiger partial charge < -0.3 is 25.6 Å². The number of methoxy groups -OCH3 is 1. The molecule has 1 aromatic heterocycles. The number of benzene rings is 1. The van der Waals surface area contributed by atoms with E-state index in [-0.39, 0.29) is 11.3 Å². The normalized spacial score (nSPS) is 19.5. The molecule has 5 rings (SSSR count). The Bertz CT molecular complexity index is 1090. The van der Waals surface area contributed by atoms with Gasteiger partial charge in [-0.15, -0.1) is 0 Å². The topological polar surface area (TPSA) is 114 Å². The van der Waals surface area contributed by atoms with Crippen molar-refractivity contribution in [2.75, 3.05) is 35.8 Å². The fourth-order valence-corrected chi connectivity index (χ4v) is 5.11. The van der Waals surface area contributed by atoms with Crippen LogP contribution in [0.25, 0.3) is 0 Å². The zero-order valence-electron chi connectivity index (χ0n) is 19.1. The smallest absolute Gasteiger partial charge is 0.248 e. The highest BCUT2D eigenvalue weighted by atomic mass is 16.5. The van der Waals surface area contributed by atoms with Crippen LogP contribution in [0.15, 0.2) is 24.4 Å². The third-order valence-electron chi connectivity index (χ3n) is 7.17. The van der Waals surface area contributed by atoms with Gasteiger partial charge in [0.1, 0.15) is 5.69 Å². The van der Waals surface area contributed by atoms with Gasteiger partial charge in [-0.3, -0.25) is 9.59 Å². The first-order valence-corrected chi connectivity index (χ1v) is 11.5. The molecule has 1 aromatic carbocycles. The number of carbonyl (C=O) groups is 2. The highest BCUT2D eigenvalue weighted by molar-refractivity contribution is 6.02. The van der Waals surface area contributed by atoms with E-state index in [1.807, 2.05) is 7.05 Å². The second-order valence-corrected chi connectivity index (χ2v) is 9.41. The van der Waals surface area contributed by atoms with Crippen LogP contribution < -0.4 is 20.9 Å². The lowest BCUT2D eigenvalue weighted by atomic mass is 10.0. The molecule has 9 nitrogen and oxygen atoms in total. The van der Waals surface area contributed by atoms with Crippen LogP contribution in [0, 0.1) is 5.41 Å². The zero-order chi connectivity index (χ0) is 23.2. The van der Waals surface area contributed by atoms with Crippen molar-refractivity contribution in [3.05, 3.63) is 35.5 Å².